The normalized spacial score (nSPS) is 28.3. The zero-order chi connectivity index (χ0) is 34.4. The van der Waals surface area contributed by atoms with Gasteiger partial charge >= 0.3 is 6.18 Å². The van der Waals surface area contributed by atoms with E-state index in [1.807, 2.05) is 0 Å². The van der Waals surface area contributed by atoms with E-state index in [2.05, 4.69) is 10.4 Å². The number of aromatic nitrogens is 1. The molecule has 2 aliphatic carbocycles. The number of alkyl halides is 3. The smallest absolute Gasteiger partial charge is 0.417 e. The first kappa shape index (κ1) is 32.4. The number of carbonyl (C=O) groups is 4. The Bertz CT molecular complexity index is 1960. The molecular weight excluding hydrogens is 700 g/mol. The molecule has 3 N–H and O–H groups in total. The number of pyridine rings is 1. The van der Waals surface area contributed by atoms with Crippen molar-refractivity contribution in [2.45, 2.75) is 30.4 Å². The minimum Gasteiger partial charge on any atom is -0.508 e. The summed E-state index contributed by atoms with van der Waals surface area (Å²) in [6.45, 7) is 0. The van der Waals surface area contributed by atoms with Crippen LogP contribution in [0.3, 0.4) is 0 Å². The molecule has 3 aromatic rings. The summed E-state index contributed by atoms with van der Waals surface area (Å²) in [4.78, 5) is 59.4. The third-order valence-electron chi connectivity index (χ3n) is 9.83. The third kappa shape index (κ3) is 4.62. The summed E-state index contributed by atoms with van der Waals surface area (Å²) in [5, 5.41) is 22.3. The molecule has 2 saturated heterocycles. The molecule has 0 radical (unpaired) electrons. The highest BCUT2D eigenvalue weighted by Gasteiger charge is 2.70. The monoisotopic (exact) mass is 720 g/mol. The number of hydrogen-bond acceptors (Lipinski definition) is 8. The zero-order valence-corrected chi connectivity index (χ0v) is 26.5. The van der Waals surface area contributed by atoms with Crippen molar-refractivity contribution in [2.24, 2.45) is 23.7 Å². The van der Waals surface area contributed by atoms with Crippen molar-refractivity contribution in [1.29, 1.82) is 0 Å². The number of hydrogen-bond donors (Lipinski definition) is 3. The number of rotatable bonds is 4. The Kier molecular flexibility index (Phi) is 7.55. The number of amides is 4. The first-order valence-corrected chi connectivity index (χ1v) is 15.7. The molecule has 1 saturated carbocycles. The van der Waals surface area contributed by atoms with Crippen molar-refractivity contribution in [3.63, 3.8) is 0 Å². The fraction of sp³-hybridized carbons (Fsp3) is 0.281. The summed E-state index contributed by atoms with van der Waals surface area (Å²) < 4.78 is 40.0. The third-order valence-corrected chi connectivity index (χ3v) is 10.6. The van der Waals surface area contributed by atoms with Gasteiger partial charge in [0.1, 0.15) is 5.75 Å². The maximum atomic E-state index is 15.0. The maximum Gasteiger partial charge on any atom is 0.417 e. The summed E-state index contributed by atoms with van der Waals surface area (Å²) in [6.07, 6.45) is -2.71. The average Bonchev–Trinajstić information content (AvgIpc) is 3.39. The lowest BCUT2D eigenvalue weighted by Gasteiger charge is -2.50. The zero-order valence-electron chi connectivity index (χ0n) is 24.2. The average molecular weight is 722 g/mol. The lowest BCUT2D eigenvalue weighted by molar-refractivity contribution is -0.173. The van der Waals surface area contributed by atoms with E-state index < -0.39 is 81.2 Å². The number of allylic oxidation sites excluding steroid dienone is 2. The molecule has 16 heteroatoms. The second-order valence-electron chi connectivity index (χ2n) is 12.1. The number of benzene rings is 2. The van der Waals surface area contributed by atoms with Crippen LogP contribution in [-0.2, 0) is 30.8 Å². The van der Waals surface area contributed by atoms with E-state index >= 15 is 0 Å². The highest BCUT2D eigenvalue weighted by molar-refractivity contribution is 6.33. The van der Waals surface area contributed by atoms with Crippen LogP contribution in [0.4, 0.5) is 19.0 Å². The van der Waals surface area contributed by atoms with Gasteiger partial charge in [-0.1, -0.05) is 58.6 Å². The Morgan fingerprint density at radius 1 is 0.917 bits per heavy atom. The number of nitrogens with one attached hydrogen (secondary N) is 1. The van der Waals surface area contributed by atoms with E-state index in [1.54, 1.807) is 18.2 Å². The van der Waals surface area contributed by atoms with Crippen molar-refractivity contribution >= 4 is 64.2 Å². The van der Waals surface area contributed by atoms with E-state index in [9.17, 15) is 42.7 Å². The van der Waals surface area contributed by atoms with Crippen molar-refractivity contribution in [3.8, 4) is 5.75 Å². The van der Waals surface area contributed by atoms with E-state index in [-0.39, 0.29) is 34.2 Å². The molecule has 0 bridgehead atoms. The van der Waals surface area contributed by atoms with Crippen LogP contribution in [0.25, 0.3) is 0 Å². The van der Waals surface area contributed by atoms with Gasteiger partial charge in [-0.3, -0.25) is 29.8 Å². The van der Waals surface area contributed by atoms with Crippen LogP contribution in [0.5, 0.6) is 5.75 Å². The van der Waals surface area contributed by atoms with Gasteiger partial charge in [-0.2, -0.15) is 23.2 Å². The first-order valence-electron chi connectivity index (χ1n) is 14.5. The minimum atomic E-state index is -4.76. The van der Waals surface area contributed by atoms with Gasteiger partial charge in [-0.15, -0.1) is 0 Å². The summed E-state index contributed by atoms with van der Waals surface area (Å²) in [6, 6.07) is 10.9. The second kappa shape index (κ2) is 11.2. The Morgan fingerprint density at radius 2 is 1.60 bits per heavy atom. The topological polar surface area (TPSA) is 140 Å². The van der Waals surface area contributed by atoms with Crippen molar-refractivity contribution in [3.05, 3.63) is 98.1 Å². The Labute approximate surface area is 284 Å². The predicted octanol–water partition coefficient (Wildman–Crippen LogP) is 6.14. The molecule has 2 aliphatic heterocycles. The Morgan fingerprint density at radius 3 is 2.27 bits per heavy atom. The van der Waals surface area contributed by atoms with Gasteiger partial charge in [-0.25, -0.2) is 4.98 Å². The van der Waals surface area contributed by atoms with Crippen LogP contribution in [0.15, 0.2) is 66.4 Å². The van der Waals surface area contributed by atoms with E-state index in [1.165, 1.54) is 30.3 Å². The van der Waals surface area contributed by atoms with E-state index in [4.69, 9.17) is 34.8 Å². The lowest BCUT2D eigenvalue weighted by atomic mass is 9.49. The molecular formula is C32H22Cl3F3N4O6. The van der Waals surface area contributed by atoms with Crippen LogP contribution < -0.4 is 5.43 Å². The maximum absolute atomic E-state index is 15.0. The lowest BCUT2D eigenvalue weighted by Crippen LogP contribution is -2.53. The second-order valence-corrected chi connectivity index (χ2v) is 13.4. The van der Waals surface area contributed by atoms with Crippen LogP contribution in [-0.4, -0.2) is 49.0 Å². The van der Waals surface area contributed by atoms with Gasteiger partial charge in [-0.05, 0) is 60.7 Å². The highest BCUT2D eigenvalue weighted by atomic mass is 35.5. The number of fused-ring (bicyclic) bond motifs is 4. The summed E-state index contributed by atoms with van der Waals surface area (Å²) in [5.74, 6) is -9.36. The largest absolute Gasteiger partial charge is 0.508 e. The summed E-state index contributed by atoms with van der Waals surface area (Å²) in [7, 11) is 0. The Balaban J connectivity index is 1.46. The number of phenolic OH excluding ortho intramolecular Hbond substituents is 1. The fourth-order valence-corrected chi connectivity index (χ4v) is 8.38. The van der Waals surface area contributed by atoms with Crippen molar-refractivity contribution in [2.75, 3.05) is 5.43 Å². The molecule has 1 aromatic heterocycles. The molecule has 3 heterocycles. The van der Waals surface area contributed by atoms with Gasteiger partial charge in [0.2, 0.25) is 0 Å². The fourth-order valence-electron chi connectivity index (χ4n) is 7.87. The highest BCUT2D eigenvalue weighted by Crippen LogP contribution is 2.65. The Hall–Kier alpha value is -4.17. The first-order chi connectivity index (χ1) is 22.7. The molecule has 0 unspecified atom stereocenters. The molecule has 10 nitrogen and oxygen atoms in total. The molecule has 3 fully saturated rings. The molecule has 0 spiro atoms. The molecule has 4 amide bonds. The molecule has 248 valence electrons. The number of nitrogens with zero attached hydrogens (tertiary/aromatic N) is 3. The van der Waals surface area contributed by atoms with Gasteiger partial charge in [0.05, 0.1) is 33.8 Å². The number of aromatic hydroxyl groups is 1. The molecule has 6 atom stereocenters. The van der Waals surface area contributed by atoms with Crippen LogP contribution in [0.1, 0.15) is 35.4 Å². The number of halogens is 6. The summed E-state index contributed by atoms with van der Waals surface area (Å²) in [5.41, 5.74) is 0.418. The number of imide groups is 2. The van der Waals surface area contributed by atoms with Crippen LogP contribution in [0, 0.1) is 23.7 Å². The van der Waals surface area contributed by atoms with Gasteiger partial charge < -0.3 is 5.11 Å². The number of carbonyl (C=O) groups excluding carboxylic acids is 4. The quantitative estimate of drug-likeness (QED) is 0.166. The minimum absolute atomic E-state index is 0.0203. The van der Waals surface area contributed by atoms with Crippen LogP contribution >= 0.6 is 34.8 Å². The van der Waals surface area contributed by atoms with Gasteiger partial charge in [0, 0.05) is 27.7 Å². The number of hydroxylamine groups is 2. The standard InChI is InChI=1S/C32H22Cl3F3N4O6/c33-15-3-1-13(2-4-15)31-21(28(45)41(30(31)47)40-26-22(35)9-14(12-39-26)32(36,37)38)11-19-17(25(31)20-10-16(34)5-8-23(20)43)6-7-18-24(19)29(46)42(48)27(18)44/h1-6,8-10,12,18-19,21,24-25,43,48H,7,11H2,(H,39,40)/t18-,19+,21-,24-,25+,31+/m0/s1. The molecule has 48 heavy (non-hydrogen) atoms. The molecule has 7 rings (SSSR count). The predicted molar refractivity (Wildman–Crippen MR) is 164 cm³/mol. The molecule has 4 aliphatic rings. The van der Waals surface area contributed by atoms with Crippen molar-refractivity contribution < 1.29 is 42.7 Å². The van der Waals surface area contributed by atoms with Gasteiger partial charge in [0.25, 0.3) is 23.6 Å². The molecule has 2 aromatic carbocycles. The number of anilines is 1. The summed E-state index contributed by atoms with van der Waals surface area (Å²) >= 11 is 18.8. The number of phenols is 1. The van der Waals surface area contributed by atoms with E-state index in [0.29, 0.717) is 33.4 Å². The van der Waals surface area contributed by atoms with E-state index in [0.717, 1.165) is 0 Å². The SMILES string of the molecule is O=C1[C@H]2[C@H](CC=C3[C@H]2C[C@H]2C(=O)N(Nc4ncc(C(F)(F)F)cc4Cl)C(=O)[C@@]2(c2ccc(Cl)cc2)[C@H]3c2cc(Cl)ccc2O)C(=O)N1O. The van der Waals surface area contributed by atoms with Crippen LogP contribution in [0.2, 0.25) is 15.1 Å². The number of hydrazine groups is 1. The van der Waals surface area contributed by atoms with Crippen molar-refractivity contribution in [1.82, 2.24) is 15.1 Å². The van der Waals surface area contributed by atoms with Gasteiger partial charge in [0.15, 0.2) is 5.82 Å².